The molecule has 0 unspecified atom stereocenters. The third-order valence-electron chi connectivity index (χ3n) is 11.2. The molecule has 2 aromatic rings. The Kier molecular flexibility index (Phi) is 36.7. The van der Waals surface area contributed by atoms with Crippen LogP contribution in [0.3, 0.4) is 0 Å². The summed E-state index contributed by atoms with van der Waals surface area (Å²) in [4.78, 5) is 10.4. The summed E-state index contributed by atoms with van der Waals surface area (Å²) in [5.41, 5.74) is 6.42. The maximum atomic E-state index is 5.23. The van der Waals surface area contributed by atoms with Crippen molar-refractivity contribution in [3.63, 3.8) is 0 Å². The van der Waals surface area contributed by atoms with E-state index in [-0.39, 0.29) is 16.5 Å². The van der Waals surface area contributed by atoms with Gasteiger partial charge in [0, 0.05) is 40.5 Å². The van der Waals surface area contributed by atoms with Crippen LogP contribution >= 0.6 is 0 Å². The van der Waals surface area contributed by atoms with E-state index >= 15 is 0 Å². The second-order valence-corrected chi connectivity index (χ2v) is 16.7. The number of aliphatic imine (C=N–C) groups is 2. The largest absolute Gasteiger partial charge is 0.252 e. The van der Waals surface area contributed by atoms with Crippen LogP contribution in [-0.4, -0.2) is 11.4 Å². The fourth-order valence-electron chi connectivity index (χ4n) is 7.40. The molecule has 2 nitrogen and oxygen atoms in total. The predicted octanol–water partition coefficient (Wildman–Crippen LogP) is 18.2. The molecule has 0 aliphatic carbocycles. The molecule has 0 aliphatic rings. The van der Waals surface area contributed by atoms with Crippen LogP contribution in [0.15, 0.2) is 58.5 Å². The van der Waals surface area contributed by atoms with Crippen LogP contribution in [0.25, 0.3) is 0 Å². The Bertz CT molecular complexity index is 1410. The van der Waals surface area contributed by atoms with Gasteiger partial charge in [0.05, 0.1) is 22.8 Å². The summed E-state index contributed by atoms with van der Waals surface area (Å²) < 4.78 is 0. The average molecular weight is 834 g/mol. The zero-order valence-corrected chi connectivity index (χ0v) is 39.2. The minimum absolute atomic E-state index is 0. The standard InChI is InChI=1S/C55H86N2.Ni/c1-5-9-13-15-17-19-21-23-25-27-29-31-33-36-38-50-42-46-52(47-43-50)56-54(40-12-8-4)55(41-35-11-7-3)57-53-48-44-51(45-49-53)39-37-34-32-30-28-26-24-22-20-18-16-14-10-6-2;/h42-49H,5-35,40-41H2,1-4H3;. The molecule has 0 N–H and O–H groups in total. The molecule has 0 fully saturated rings. The second kappa shape index (κ2) is 39.8. The van der Waals surface area contributed by atoms with Gasteiger partial charge in [0.15, 0.2) is 0 Å². The summed E-state index contributed by atoms with van der Waals surface area (Å²) in [5.74, 6) is 13.6. The second-order valence-electron chi connectivity index (χ2n) is 16.7. The Morgan fingerprint density at radius 1 is 0.345 bits per heavy atom. The van der Waals surface area contributed by atoms with Crippen molar-refractivity contribution < 1.29 is 16.5 Å². The fraction of sp³-hybridized carbons (Fsp3) is 0.673. The Morgan fingerprint density at radius 3 is 0.948 bits per heavy atom. The fourth-order valence-corrected chi connectivity index (χ4v) is 7.40. The molecule has 0 atom stereocenters. The van der Waals surface area contributed by atoms with Gasteiger partial charge in [-0.3, -0.25) is 9.98 Å². The molecule has 0 aliphatic heterocycles. The molecule has 2 rings (SSSR count). The van der Waals surface area contributed by atoms with Crippen LogP contribution < -0.4 is 0 Å². The quantitative estimate of drug-likeness (QED) is 0.0290. The molecule has 3 heteroatoms. The number of hydrogen-bond donors (Lipinski definition) is 0. The Balaban J connectivity index is 0.0000168. The smallest absolute Gasteiger partial charge is 0.0634 e. The minimum Gasteiger partial charge on any atom is -0.252 e. The van der Waals surface area contributed by atoms with Crippen LogP contribution in [0.5, 0.6) is 0 Å². The van der Waals surface area contributed by atoms with Gasteiger partial charge in [-0.25, -0.2) is 0 Å². The first-order chi connectivity index (χ1) is 28.2. The molecular formula is C55H86N2Ni. The third-order valence-corrected chi connectivity index (χ3v) is 11.2. The number of nitrogens with zero attached hydrogens (tertiary/aromatic N) is 2. The van der Waals surface area contributed by atoms with Crippen LogP contribution in [0.1, 0.15) is 251 Å². The first kappa shape index (κ1) is 53.4. The topological polar surface area (TPSA) is 24.7 Å². The van der Waals surface area contributed by atoms with E-state index in [0.29, 0.717) is 0 Å². The first-order valence-electron chi connectivity index (χ1n) is 24.5. The molecule has 0 amide bonds. The number of unbranched alkanes of at least 4 members (excludes halogenated alkanes) is 27. The van der Waals surface area contributed by atoms with Crippen molar-refractivity contribution in [3.8, 4) is 23.7 Å². The van der Waals surface area contributed by atoms with Gasteiger partial charge in [-0.15, -0.1) is 0 Å². The Hall–Kier alpha value is -2.61. The zero-order chi connectivity index (χ0) is 40.7. The predicted molar refractivity (Wildman–Crippen MR) is 256 cm³/mol. The van der Waals surface area contributed by atoms with Crippen molar-refractivity contribution in [2.75, 3.05) is 0 Å². The van der Waals surface area contributed by atoms with Crippen molar-refractivity contribution >= 4 is 22.8 Å². The molecule has 326 valence electrons. The van der Waals surface area contributed by atoms with Gasteiger partial charge in [-0.05, 0) is 87.1 Å². The number of benzene rings is 2. The van der Waals surface area contributed by atoms with Crippen LogP contribution in [0, 0.1) is 23.7 Å². The summed E-state index contributed by atoms with van der Waals surface area (Å²) in [6, 6.07) is 17.1. The summed E-state index contributed by atoms with van der Waals surface area (Å²) >= 11 is 0. The van der Waals surface area contributed by atoms with Gasteiger partial charge in [-0.1, -0.05) is 212 Å². The number of hydrogen-bond acceptors (Lipinski definition) is 2. The van der Waals surface area contributed by atoms with Crippen molar-refractivity contribution in [1.82, 2.24) is 0 Å². The maximum absolute atomic E-state index is 5.23. The van der Waals surface area contributed by atoms with Gasteiger partial charge in [0.1, 0.15) is 0 Å². The van der Waals surface area contributed by atoms with Gasteiger partial charge in [-0.2, -0.15) is 0 Å². The SMILES string of the molecule is CCCCCCCCCCCCCCC#Cc1ccc(N=C(CCCC)C(CCCCC)=Nc2ccc(C#CCCCCCCCCCCCCCC)cc2)cc1.[Ni]. The average Bonchev–Trinajstić information content (AvgIpc) is 3.23. The molecule has 0 bridgehead atoms. The van der Waals surface area contributed by atoms with Crippen LogP contribution in [-0.2, 0) is 16.5 Å². The van der Waals surface area contributed by atoms with Gasteiger partial charge in [0.2, 0.25) is 0 Å². The van der Waals surface area contributed by atoms with Crippen molar-refractivity contribution in [2.45, 2.75) is 240 Å². The molecule has 0 spiro atoms. The van der Waals surface area contributed by atoms with Crippen molar-refractivity contribution in [2.24, 2.45) is 9.98 Å². The molecular weight excluding hydrogens is 747 g/mol. The normalized spacial score (nSPS) is 11.4. The van der Waals surface area contributed by atoms with E-state index in [1.807, 2.05) is 0 Å². The monoisotopic (exact) mass is 833 g/mol. The minimum atomic E-state index is 0. The molecule has 2 aromatic carbocycles. The summed E-state index contributed by atoms with van der Waals surface area (Å²) in [6.07, 6.45) is 42.8. The van der Waals surface area contributed by atoms with E-state index in [4.69, 9.17) is 9.98 Å². The van der Waals surface area contributed by atoms with E-state index < -0.39 is 0 Å². The molecule has 0 aromatic heterocycles. The van der Waals surface area contributed by atoms with Gasteiger partial charge in [0.25, 0.3) is 0 Å². The van der Waals surface area contributed by atoms with E-state index in [0.717, 1.165) is 78.9 Å². The molecule has 0 saturated heterocycles. The first-order valence-corrected chi connectivity index (χ1v) is 24.5. The van der Waals surface area contributed by atoms with Crippen LogP contribution in [0.2, 0.25) is 0 Å². The molecule has 0 radical (unpaired) electrons. The van der Waals surface area contributed by atoms with Crippen molar-refractivity contribution in [3.05, 3.63) is 59.7 Å². The van der Waals surface area contributed by atoms with E-state index in [1.165, 1.54) is 167 Å². The Labute approximate surface area is 370 Å². The van der Waals surface area contributed by atoms with E-state index in [2.05, 4.69) is 99.9 Å². The number of rotatable bonds is 34. The molecule has 0 saturated carbocycles. The molecule has 0 heterocycles. The third kappa shape index (κ3) is 29.6. The summed E-state index contributed by atoms with van der Waals surface area (Å²) in [6.45, 7) is 9.11. The van der Waals surface area contributed by atoms with E-state index in [1.54, 1.807) is 0 Å². The molecule has 58 heavy (non-hydrogen) atoms. The summed E-state index contributed by atoms with van der Waals surface area (Å²) in [7, 11) is 0. The van der Waals surface area contributed by atoms with Gasteiger partial charge < -0.3 is 0 Å². The Morgan fingerprint density at radius 2 is 0.621 bits per heavy atom. The van der Waals surface area contributed by atoms with Gasteiger partial charge >= 0.3 is 0 Å². The summed E-state index contributed by atoms with van der Waals surface area (Å²) in [5, 5.41) is 0. The zero-order valence-electron chi connectivity index (χ0n) is 38.2. The van der Waals surface area contributed by atoms with Crippen LogP contribution in [0.4, 0.5) is 11.4 Å². The van der Waals surface area contributed by atoms with E-state index in [9.17, 15) is 0 Å². The van der Waals surface area contributed by atoms with Crippen molar-refractivity contribution in [1.29, 1.82) is 0 Å². The maximum Gasteiger partial charge on any atom is 0.0634 e.